The van der Waals surface area contributed by atoms with Crippen molar-refractivity contribution in [2.45, 2.75) is 63.3 Å². The van der Waals surface area contributed by atoms with Gasteiger partial charge in [0.05, 0.1) is 10.5 Å². The van der Waals surface area contributed by atoms with Crippen molar-refractivity contribution < 1.29 is 13.2 Å². The average molecular weight is 420 g/mol. The molecular weight excluding hydrogens is 386 g/mol. The van der Waals surface area contributed by atoms with Crippen LogP contribution in [-0.4, -0.2) is 50.9 Å². The topological polar surface area (TPSA) is 69.7 Å². The number of benzene rings is 1. The molecule has 1 aliphatic heterocycles. The molecule has 1 saturated heterocycles. The Labute approximate surface area is 174 Å². The van der Waals surface area contributed by atoms with E-state index in [4.69, 9.17) is 0 Å². The van der Waals surface area contributed by atoms with Gasteiger partial charge in [-0.05, 0) is 68.6 Å². The van der Waals surface area contributed by atoms with E-state index in [9.17, 15) is 13.2 Å². The molecule has 1 N–H and O–H groups in total. The van der Waals surface area contributed by atoms with E-state index in [1.165, 1.54) is 30.0 Å². The first-order valence-corrected chi connectivity index (χ1v) is 12.6. The molecule has 0 aromatic heterocycles. The highest BCUT2D eigenvalue weighted by Gasteiger charge is 2.42. The van der Waals surface area contributed by atoms with Crippen LogP contribution in [-0.2, 0) is 10.0 Å². The Kier molecular flexibility index (Phi) is 5.89. The van der Waals surface area contributed by atoms with Gasteiger partial charge >= 0.3 is 0 Å². The number of anilines is 1. The molecule has 7 heteroatoms. The highest BCUT2D eigenvalue weighted by molar-refractivity contribution is 7.89. The van der Waals surface area contributed by atoms with Gasteiger partial charge < -0.3 is 10.2 Å². The lowest BCUT2D eigenvalue weighted by Gasteiger charge is -2.25. The van der Waals surface area contributed by atoms with Gasteiger partial charge in [-0.3, -0.25) is 4.79 Å². The summed E-state index contributed by atoms with van der Waals surface area (Å²) in [5.41, 5.74) is 1.37. The molecule has 2 aliphatic carbocycles. The second-order valence-corrected chi connectivity index (χ2v) is 10.6. The van der Waals surface area contributed by atoms with E-state index in [1.807, 2.05) is 19.9 Å². The van der Waals surface area contributed by atoms with Crippen LogP contribution in [0.1, 0.15) is 62.7 Å². The highest BCUT2D eigenvalue weighted by Crippen LogP contribution is 2.44. The van der Waals surface area contributed by atoms with Gasteiger partial charge in [0.25, 0.3) is 5.91 Å². The fourth-order valence-corrected chi connectivity index (χ4v) is 6.05. The number of sulfonamides is 1. The van der Waals surface area contributed by atoms with Crippen LogP contribution in [0, 0.1) is 11.8 Å². The van der Waals surface area contributed by atoms with Crippen LogP contribution in [0.25, 0.3) is 0 Å². The Balaban J connectivity index is 1.67. The van der Waals surface area contributed by atoms with Crippen molar-refractivity contribution in [2.75, 3.05) is 31.1 Å². The second-order valence-electron chi connectivity index (χ2n) is 8.64. The largest absolute Gasteiger partial charge is 0.371 e. The summed E-state index contributed by atoms with van der Waals surface area (Å²) < 4.78 is 27.5. The van der Waals surface area contributed by atoms with Crippen LogP contribution in [0.5, 0.6) is 0 Å². The van der Waals surface area contributed by atoms with Gasteiger partial charge in [-0.25, -0.2) is 8.42 Å². The maximum atomic E-state index is 13.3. The molecule has 1 aromatic rings. The molecular formula is C22H33N3O3S. The van der Waals surface area contributed by atoms with E-state index in [1.54, 1.807) is 12.1 Å². The van der Waals surface area contributed by atoms with Crippen molar-refractivity contribution in [1.29, 1.82) is 0 Å². The van der Waals surface area contributed by atoms with Gasteiger partial charge in [0.15, 0.2) is 0 Å². The predicted octanol–water partition coefficient (Wildman–Crippen LogP) is 3.24. The molecule has 0 radical (unpaired) electrons. The zero-order valence-corrected chi connectivity index (χ0v) is 18.4. The highest BCUT2D eigenvalue weighted by atomic mass is 32.2. The van der Waals surface area contributed by atoms with E-state index >= 15 is 0 Å². The van der Waals surface area contributed by atoms with Crippen LogP contribution in [0.4, 0.5) is 5.69 Å². The number of hydrogen-bond acceptors (Lipinski definition) is 4. The summed E-state index contributed by atoms with van der Waals surface area (Å²) in [6.45, 7) is 6.33. The molecule has 1 heterocycles. The van der Waals surface area contributed by atoms with Gasteiger partial charge in [0, 0.05) is 37.9 Å². The van der Waals surface area contributed by atoms with E-state index in [0.29, 0.717) is 30.5 Å². The Hall–Kier alpha value is -1.60. The quantitative estimate of drug-likeness (QED) is 0.667. The molecule has 160 valence electrons. The Morgan fingerprint density at radius 2 is 1.69 bits per heavy atom. The van der Waals surface area contributed by atoms with Crippen molar-refractivity contribution in [3.05, 3.63) is 23.8 Å². The molecule has 3 aliphatic rings. The number of carbonyl (C=O) groups excluding carboxylic acids is 1. The van der Waals surface area contributed by atoms with E-state index in [0.717, 1.165) is 31.6 Å². The molecule has 6 nitrogen and oxygen atoms in total. The van der Waals surface area contributed by atoms with Crippen LogP contribution < -0.4 is 10.2 Å². The first-order valence-electron chi connectivity index (χ1n) is 11.2. The van der Waals surface area contributed by atoms with Crippen LogP contribution in [0.2, 0.25) is 0 Å². The van der Waals surface area contributed by atoms with Crippen LogP contribution in [0.3, 0.4) is 0 Å². The lowest BCUT2D eigenvalue weighted by atomic mass is 10.1. The van der Waals surface area contributed by atoms with Gasteiger partial charge in [0.2, 0.25) is 10.0 Å². The summed E-state index contributed by atoms with van der Waals surface area (Å²) in [5, 5.41) is 3.28. The molecule has 4 rings (SSSR count). The summed E-state index contributed by atoms with van der Waals surface area (Å²) >= 11 is 0. The molecule has 0 bridgehead atoms. The Bertz CT molecular complexity index is 840. The minimum atomic E-state index is -3.60. The summed E-state index contributed by atoms with van der Waals surface area (Å²) in [7, 11) is -3.60. The third-order valence-corrected chi connectivity index (χ3v) is 8.61. The molecule has 3 fully saturated rings. The fourth-order valence-electron chi connectivity index (χ4n) is 4.56. The van der Waals surface area contributed by atoms with E-state index in [-0.39, 0.29) is 16.8 Å². The van der Waals surface area contributed by atoms with Crippen molar-refractivity contribution in [2.24, 2.45) is 11.8 Å². The SMILES string of the molecule is CCN(CC)S(=O)(=O)c1ccc(N2CCCC2)c(C(=O)NC(C2CC2)C2CC2)c1. The Morgan fingerprint density at radius 3 is 2.21 bits per heavy atom. The molecule has 1 amide bonds. The Morgan fingerprint density at radius 1 is 1.10 bits per heavy atom. The summed E-state index contributed by atoms with van der Waals surface area (Å²) in [6, 6.07) is 5.35. The molecule has 0 spiro atoms. The predicted molar refractivity (Wildman–Crippen MR) is 115 cm³/mol. The third-order valence-electron chi connectivity index (χ3n) is 6.56. The van der Waals surface area contributed by atoms with Gasteiger partial charge in [-0.1, -0.05) is 13.8 Å². The van der Waals surface area contributed by atoms with Gasteiger partial charge in [0.1, 0.15) is 0 Å². The zero-order chi connectivity index (χ0) is 20.6. The first-order chi connectivity index (χ1) is 14.0. The minimum absolute atomic E-state index is 0.118. The summed E-state index contributed by atoms with van der Waals surface area (Å²) in [4.78, 5) is 15.8. The van der Waals surface area contributed by atoms with Crippen LogP contribution in [0.15, 0.2) is 23.1 Å². The number of rotatable bonds is 9. The standard InChI is InChI=1S/C22H33N3O3S/c1-3-25(4-2)29(27,28)18-11-12-20(24-13-5-6-14-24)19(15-18)22(26)23-21(16-7-8-16)17-9-10-17/h11-12,15-17,21H,3-10,13-14H2,1-2H3,(H,23,26). The second kappa shape index (κ2) is 8.26. The van der Waals surface area contributed by atoms with Crippen molar-refractivity contribution >= 4 is 21.6 Å². The van der Waals surface area contributed by atoms with E-state index < -0.39 is 10.0 Å². The van der Waals surface area contributed by atoms with Crippen molar-refractivity contribution in [1.82, 2.24) is 9.62 Å². The third kappa shape index (κ3) is 4.31. The van der Waals surface area contributed by atoms with Crippen molar-refractivity contribution in [3.63, 3.8) is 0 Å². The lowest BCUT2D eigenvalue weighted by molar-refractivity contribution is 0.0926. The molecule has 0 atom stereocenters. The first kappa shape index (κ1) is 20.7. The molecule has 0 unspecified atom stereocenters. The maximum Gasteiger partial charge on any atom is 0.253 e. The molecule has 29 heavy (non-hydrogen) atoms. The average Bonchev–Trinajstić information content (AvgIpc) is 3.65. The van der Waals surface area contributed by atoms with Crippen molar-refractivity contribution in [3.8, 4) is 0 Å². The lowest BCUT2D eigenvalue weighted by Crippen LogP contribution is -2.39. The summed E-state index contributed by atoms with van der Waals surface area (Å²) in [5.74, 6) is 1.08. The fraction of sp³-hybridized carbons (Fsp3) is 0.682. The number of nitrogens with one attached hydrogen (secondary N) is 1. The monoisotopic (exact) mass is 419 g/mol. The van der Waals surface area contributed by atoms with E-state index in [2.05, 4.69) is 10.2 Å². The number of hydrogen-bond donors (Lipinski definition) is 1. The summed E-state index contributed by atoms with van der Waals surface area (Å²) in [6.07, 6.45) is 6.97. The van der Waals surface area contributed by atoms with Crippen LogP contribution >= 0.6 is 0 Å². The smallest absolute Gasteiger partial charge is 0.253 e. The zero-order valence-electron chi connectivity index (χ0n) is 17.6. The van der Waals surface area contributed by atoms with Gasteiger partial charge in [-0.15, -0.1) is 0 Å². The number of amides is 1. The molecule has 1 aromatic carbocycles. The normalized spacial score (nSPS) is 19.9. The number of nitrogens with zero attached hydrogens (tertiary/aromatic N) is 2. The minimum Gasteiger partial charge on any atom is -0.371 e. The molecule has 2 saturated carbocycles. The number of carbonyl (C=O) groups is 1. The maximum absolute atomic E-state index is 13.3. The van der Waals surface area contributed by atoms with Gasteiger partial charge in [-0.2, -0.15) is 4.31 Å².